The zero-order chi connectivity index (χ0) is 16.4. The molecule has 2 aromatic rings. The molecule has 4 nitrogen and oxygen atoms in total. The van der Waals surface area contributed by atoms with E-state index in [0.717, 1.165) is 0 Å². The van der Waals surface area contributed by atoms with Crippen molar-refractivity contribution in [3.63, 3.8) is 0 Å². The number of rotatable bonds is 4. The Labute approximate surface area is 130 Å². The van der Waals surface area contributed by atoms with Crippen molar-refractivity contribution >= 4 is 17.9 Å². The summed E-state index contributed by atoms with van der Waals surface area (Å²) < 4.78 is 41.0. The van der Waals surface area contributed by atoms with E-state index < -0.39 is 18.2 Å². The number of benzene rings is 1. The Bertz CT molecular complexity index is 715. The molecule has 3 rings (SSSR count). The molecule has 2 heterocycles. The third kappa shape index (κ3) is 2.86. The summed E-state index contributed by atoms with van der Waals surface area (Å²) in [6.07, 6.45) is -1.37. The summed E-state index contributed by atoms with van der Waals surface area (Å²) >= 11 is 0. The number of nitrogens with zero attached hydrogens (tertiary/aromatic N) is 2. The zero-order valence-corrected chi connectivity index (χ0v) is 12.0. The highest BCUT2D eigenvalue weighted by Crippen LogP contribution is 2.37. The van der Waals surface area contributed by atoms with E-state index >= 15 is 0 Å². The van der Waals surface area contributed by atoms with Crippen LogP contribution < -0.4 is 10.2 Å². The Morgan fingerprint density at radius 2 is 1.83 bits per heavy atom. The summed E-state index contributed by atoms with van der Waals surface area (Å²) in [5, 5.41) is 2.48. The van der Waals surface area contributed by atoms with E-state index in [0.29, 0.717) is 12.0 Å². The normalized spacial score (nSPS) is 20.6. The number of hydrogen-bond donors (Lipinski definition) is 1. The average Bonchev–Trinajstić information content (AvgIpc) is 2.88. The Morgan fingerprint density at radius 3 is 2.48 bits per heavy atom. The van der Waals surface area contributed by atoms with E-state index in [9.17, 15) is 18.0 Å². The van der Waals surface area contributed by atoms with E-state index in [1.807, 2.05) is 0 Å². The Kier molecular flexibility index (Phi) is 4.18. The monoisotopic (exact) mass is 321 g/mol. The molecular formula is C16H14F3N3O. The molecule has 0 saturated carbocycles. The van der Waals surface area contributed by atoms with Crippen LogP contribution in [-0.2, 0) is 4.79 Å². The van der Waals surface area contributed by atoms with E-state index in [4.69, 9.17) is 0 Å². The fraction of sp³-hybridized carbons (Fsp3) is 0.250. The minimum absolute atomic E-state index is 0.164. The minimum atomic E-state index is -1.61. The number of carbonyl (C=O) groups is 1. The van der Waals surface area contributed by atoms with Gasteiger partial charge in [-0.05, 0) is 12.1 Å². The van der Waals surface area contributed by atoms with Gasteiger partial charge in [0.05, 0.1) is 18.8 Å². The predicted molar refractivity (Wildman–Crippen MR) is 81.3 cm³/mol. The minimum Gasteiger partial charge on any atom is -0.349 e. The van der Waals surface area contributed by atoms with Crippen LogP contribution in [0.3, 0.4) is 0 Å². The van der Waals surface area contributed by atoms with Crippen LogP contribution in [0.15, 0.2) is 36.5 Å². The van der Waals surface area contributed by atoms with Gasteiger partial charge in [-0.1, -0.05) is 18.2 Å². The van der Waals surface area contributed by atoms with Crippen LogP contribution >= 0.6 is 0 Å². The van der Waals surface area contributed by atoms with Crippen LogP contribution in [0.2, 0.25) is 0 Å². The van der Waals surface area contributed by atoms with Crippen LogP contribution in [0, 0.1) is 5.82 Å². The van der Waals surface area contributed by atoms with Crippen molar-refractivity contribution in [3.8, 4) is 11.1 Å². The molecule has 1 amide bonds. The molecule has 1 aromatic heterocycles. The first kappa shape index (κ1) is 15.3. The summed E-state index contributed by atoms with van der Waals surface area (Å²) in [4.78, 5) is 16.5. The van der Waals surface area contributed by atoms with Crippen LogP contribution in [0.1, 0.15) is 0 Å². The van der Waals surface area contributed by atoms with Crippen molar-refractivity contribution in [2.24, 2.45) is 0 Å². The molecule has 1 saturated heterocycles. The number of aromatic nitrogens is 1. The molecule has 2 unspecified atom stereocenters. The predicted octanol–water partition coefficient (Wildman–Crippen LogP) is 2.95. The molecule has 7 heteroatoms. The summed E-state index contributed by atoms with van der Waals surface area (Å²) in [5.41, 5.74) is 0.903. The third-order valence-corrected chi connectivity index (χ3v) is 3.78. The van der Waals surface area contributed by atoms with Gasteiger partial charge in [-0.2, -0.15) is 0 Å². The summed E-state index contributed by atoms with van der Waals surface area (Å²) in [5.74, 6) is -0.243. The molecule has 0 aliphatic carbocycles. The largest absolute Gasteiger partial charge is 0.349 e. The Hall–Kier alpha value is -2.57. The molecule has 1 aliphatic rings. The molecule has 1 aliphatic heterocycles. The summed E-state index contributed by atoms with van der Waals surface area (Å²) in [6, 6.07) is 7.61. The van der Waals surface area contributed by atoms with Gasteiger partial charge in [-0.15, -0.1) is 0 Å². The van der Waals surface area contributed by atoms with Gasteiger partial charge in [0.1, 0.15) is 5.82 Å². The first-order valence-electron chi connectivity index (χ1n) is 7.09. The Morgan fingerprint density at radius 1 is 1.13 bits per heavy atom. The number of nitrogens with one attached hydrogen (secondary N) is 1. The second-order valence-electron chi connectivity index (χ2n) is 5.24. The number of carbonyl (C=O) groups excluding carboxylic acids is 1. The van der Waals surface area contributed by atoms with Gasteiger partial charge < -0.3 is 10.2 Å². The van der Waals surface area contributed by atoms with E-state index in [2.05, 4.69) is 10.3 Å². The molecule has 0 bridgehead atoms. The second kappa shape index (κ2) is 6.28. The van der Waals surface area contributed by atoms with Crippen LogP contribution in [-0.4, -0.2) is 36.8 Å². The van der Waals surface area contributed by atoms with Gasteiger partial charge in [0.15, 0.2) is 18.2 Å². The highest BCUT2D eigenvalue weighted by Gasteiger charge is 2.35. The van der Waals surface area contributed by atoms with Crippen LogP contribution in [0.4, 0.5) is 24.7 Å². The number of pyridine rings is 1. The first-order chi connectivity index (χ1) is 11.1. The molecular weight excluding hydrogens is 307 g/mol. The highest BCUT2D eigenvalue weighted by atomic mass is 19.2. The van der Waals surface area contributed by atoms with Gasteiger partial charge in [0.2, 0.25) is 6.41 Å². The van der Waals surface area contributed by atoms with Crippen LogP contribution in [0.25, 0.3) is 11.1 Å². The van der Waals surface area contributed by atoms with Crippen molar-refractivity contribution in [3.05, 3.63) is 42.3 Å². The van der Waals surface area contributed by atoms with Gasteiger partial charge in [0.25, 0.3) is 0 Å². The topological polar surface area (TPSA) is 45.2 Å². The standard InChI is InChI=1S/C16H14F3N3O/c17-12-4-2-1-3-10(12)11-5-6-20-16(15(11)21-9-23)22-7-13(18)14(19)8-22/h1-6,9,13-14H,7-8H2,(H,21,23). The lowest BCUT2D eigenvalue weighted by molar-refractivity contribution is -0.105. The van der Waals surface area contributed by atoms with Crippen molar-refractivity contribution in [1.29, 1.82) is 0 Å². The molecule has 1 N–H and O–H groups in total. The van der Waals surface area contributed by atoms with Crippen molar-refractivity contribution in [2.75, 3.05) is 23.3 Å². The lowest BCUT2D eigenvalue weighted by Gasteiger charge is -2.21. The number of anilines is 2. The van der Waals surface area contributed by atoms with Crippen molar-refractivity contribution < 1.29 is 18.0 Å². The van der Waals surface area contributed by atoms with Crippen molar-refractivity contribution in [2.45, 2.75) is 12.3 Å². The molecule has 1 aromatic carbocycles. The SMILES string of the molecule is O=CNc1c(-c2ccccc2F)ccnc1N1CC(F)C(F)C1. The fourth-order valence-corrected chi connectivity index (χ4v) is 2.69. The van der Waals surface area contributed by atoms with Gasteiger partial charge in [-0.25, -0.2) is 18.2 Å². The van der Waals surface area contributed by atoms with Gasteiger partial charge in [0, 0.05) is 17.3 Å². The van der Waals surface area contributed by atoms with E-state index in [1.54, 1.807) is 24.3 Å². The first-order valence-corrected chi connectivity index (χ1v) is 7.09. The number of hydrogen-bond acceptors (Lipinski definition) is 3. The van der Waals surface area contributed by atoms with Crippen LogP contribution in [0.5, 0.6) is 0 Å². The van der Waals surface area contributed by atoms with Gasteiger partial charge >= 0.3 is 0 Å². The molecule has 120 valence electrons. The fourth-order valence-electron chi connectivity index (χ4n) is 2.69. The maximum atomic E-state index is 14.1. The van der Waals surface area contributed by atoms with Gasteiger partial charge in [-0.3, -0.25) is 4.79 Å². The number of alkyl halides is 2. The maximum Gasteiger partial charge on any atom is 0.211 e. The third-order valence-electron chi connectivity index (χ3n) is 3.78. The van der Waals surface area contributed by atoms with Crippen molar-refractivity contribution in [1.82, 2.24) is 4.98 Å². The lowest BCUT2D eigenvalue weighted by atomic mass is 10.0. The lowest BCUT2D eigenvalue weighted by Crippen LogP contribution is -2.23. The van der Waals surface area contributed by atoms with E-state index in [1.165, 1.54) is 17.2 Å². The average molecular weight is 321 g/mol. The number of halogens is 3. The maximum absolute atomic E-state index is 14.1. The second-order valence-corrected chi connectivity index (χ2v) is 5.24. The molecule has 1 fully saturated rings. The smallest absolute Gasteiger partial charge is 0.211 e. The highest BCUT2D eigenvalue weighted by molar-refractivity contribution is 5.92. The molecule has 0 radical (unpaired) electrons. The zero-order valence-electron chi connectivity index (χ0n) is 12.0. The summed E-state index contributed by atoms with van der Waals surface area (Å²) in [7, 11) is 0. The quantitative estimate of drug-likeness (QED) is 0.881. The van der Waals surface area contributed by atoms with E-state index in [-0.39, 0.29) is 30.2 Å². The molecule has 2 atom stereocenters. The summed E-state index contributed by atoms with van der Waals surface area (Å²) in [6.45, 7) is -0.329. The number of amides is 1. The molecule has 23 heavy (non-hydrogen) atoms. The Balaban J connectivity index is 2.10. The molecule has 0 spiro atoms.